The molecule has 0 radical (unpaired) electrons. The minimum absolute atomic E-state index is 0.270. The number of hydrogen-bond donors (Lipinski definition) is 0. The summed E-state index contributed by atoms with van der Waals surface area (Å²) in [7, 11) is 0. The van der Waals surface area contributed by atoms with Gasteiger partial charge in [-0.25, -0.2) is 0 Å². The van der Waals surface area contributed by atoms with Gasteiger partial charge in [-0.15, -0.1) is 0 Å². The van der Waals surface area contributed by atoms with E-state index in [1.165, 1.54) is 24.1 Å². The van der Waals surface area contributed by atoms with Gasteiger partial charge in [0, 0.05) is 31.1 Å². The quantitative estimate of drug-likeness (QED) is 0.809. The van der Waals surface area contributed by atoms with Crippen molar-refractivity contribution in [2.24, 2.45) is 11.8 Å². The maximum absolute atomic E-state index is 12.0. The number of nitrogens with zero attached hydrogens (tertiary/aromatic N) is 1. The molecule has 1 heterocycles. The van der Waals surface area contributed by atoms with E-state index in [0.717, 1.165) is 32.4 Å². The summed E-state index contributed by atoms with van der Waals surface area (Å²) in [6.07, 6.45) is 5.39. The van der Waals surface area contributed by atoms with Crippen molar-refractivity contribution in [3.63, 3.8) is 0 Å². The molecule has 1 fully saturated rings. The highest BCUT2D eigenvalue weighted by atomic mass is 16.1. The minimum atomic E-state index is 0.270. The molecule has 0 amide bonds. The molecule has 0 N–H and O–H groups in total. The van der Waals surface area contributed by atoms with E-state index in [1.807, 2.05) is 0 Å². The van der Waals surface area contributed by atoms with Crippen LogP contribution in [0, 0.1) is 11.8 Å². The molecule has 2 nitrogen and oxygen atoms in total. The van der Waals surface area contributed by atoms with Crippen LogP contribution in [-0.2, 0) is 11.2 Å². The van der Waals surface area contributed by atoms with Crippen LogP contribution in [0.4, 0.5) is 5.69 Å². The lowest BCUT2D eigenvalue weighted by atomic mass is 9.86. The van der Waals surface area contributed by atoms with Gasteiger partial charge in [-0.2, -0.15) is 0 Å². The number of carbonyl (C=O) groups excluding carboxylic acids is 1. The number of anilines is 1. The van der Waals surface area contributed by atoms with E-state index < -0.39 is 0 Å². The van der Waals surface area contributed by atoms with Crippen molar-refractivity contribution in [1.82, 2.24) is 0 Å². The van der Waals surface area contributed by atoms with Gasteiger partial charge < -0.3 is 4.90 Å². The second-order valence-electron chi connectivity index (χ2n) is 6.25. The third kappa shape index (κ3) is 2.68. The summed E-state index contributed by atoms with van der Waals surface area (Å²) < 4.78 is 0. The Morgan fingerprint density at radius 3 is 2.95 bits per heavy atom. The highest BCUT2D eigenvalue weighted by Crippen LogP contribution is 2.31. The standard InChI is InChI=1S/C17H23NO/c1-13-10-14-6-2-4-8-16(14)18(11-13)12-15-7-3-5-9-17(15)19/h2,4,6,8,13,15H,3,5,7,9-12H2,1H3. The Kier molecular flexibility index (Phi) is 3.58. The molecule has 0 bridgehead atoms. The molecule has 0 saturated heterocycles. The SMILES string of the molecule is CC1Cc2ccccc2N(CC2CCCCC2=O)C1. The van der Waals surface area contributed by atoms with Gasteiger partial charge >= 0.3 is 0 Å². The maximum atomic E-state index is 12.0. The lowest BCUT2D eigenvalue weighted by Crippen LogP contribution is -2.40. The molecule has 19 heavy (non-hydrogen) atoms. The van der Waals surface area contributed by atoms with Gasteiger partial charge in [0.15, 0.2) is 0 Å². The lowest BCUT2D eigenvalue weighted by molar-refractivity contribution is -0.124. The molecule has 2 unspecified atom stereocenters. The fourth-order valence-corrected chi connectivity index (χ4v) is 3.59. The Morgan fingerprint density at radius 2 is 2.11 bits per heavy atom. The molecule has 1 aromatic carbocycles. The van der Waals surface area contributed by atoms with Gasteiger partial charge in [0.05, 0.1) is 0 Å². The average molecular weight is 257 g/mol. The number of rotatable bonds is 2. The van der Waals surface area contributed by atoms with Crippen LogP contribution in [-0.4, -0.2) is 18.9 Å². The molecule has 2 heteroatoms. The van der Waals surface area contributed by atoms with E-state index in [9.17, 15) is 4.79 Å². The first-order valence-corrected chi connectivity index (χ1v) is 7.59. The largest absolute Gasteiger partial charge is 0.370 e. The van der Waals surface area contributed by atoms with E-state index >= 15 is 0 Å². The van der Waals surface area contributed by atoms with Gasteiger partial charge in [-0.1, -0.05) is 31.5 Å². The summed E-state index contributed by atoms with van der Waals surface area (Å²) in [5.74, 6) is 1.45. The first-order valence-electron chi connectivity index (χ1n) is 7.59. The molecular weight excluding hydrogens is 234 g/mol. The molecule has 3 rings (SSSR count). The number of fused-ring (bicyclic) bond motifs is 1. The zero-order valence-corrected chi connectivity index (χ0v) is 11.8. The molecule has 1 aliphatic carbocycles. The summed E-state index contributed by atoms with van der Waals surface area (Å²) >= 11 is 0. The molecule has 2 aliphatic rings. The summed E-state index contributed by atoms with van der Waals surface area (Å²) in [6.45, 7) is 4.34. The molecule has 1 aliphatic heterocycles. The average Bonchev–Trinajstić information content (AvgIpc) is 2.41. The predicted octanol–water partition coefficient (Wildman–Crippen LogP) is 3.44. The van der Waals surface area contributed by atoms with Crippen molar-refractivity contribution in [2.75, 3.05) is 18.0 Å². The molecular formula is C17H23NO. The van der Waals surface area contributed by atoms with E-state index in [2.05, 4.69) is 36.1 Å². The molecule has 0 spiro atoms. The van der Waals surface area contributed by atoms with Gasteiger partial charge in [0.1, 0.15) is 5.78 Å². The second-order valence-corrected chi connectivity index (χ2v) is 6.25. The molecule has 2 atom stereocenters. The van der Waals surface area contributed by atoms with Crippen LogP contribution < -0.4 is 4.90 Å². The van der Waals surface area contributed by atoms with Gasteiger partial charge in [-0.3, -0.25) is 4.79 Å². The molecule has 1 aromatic rings. The van der Waals surface area contributed by atoms with Crippen LogP contribution in [0.1, 0.15) is 38.2 Å². The summed E-state index contributed by atoms with van der Waals surface area (Å²) in [6, 6.07) is 8.69. The number of benzene rings is 1. The van der Waals surface area contributed by atoms with Crippen molar-refractivity contribution in [2.45, 2.75) is 39.0 Å². The van der Waals surface area contributed by atoms with E-state index in [4.69, 9.17) is 0 Å². The van der Waals surface area contributed by atoms with Crippen LogP contribution >= 0.6 is 0 Å². The Morgan fingerprint density at radius 1 is 1.26 bits per heavy atom. The van der Waals surface area contributed by atoms with Crippen molar-refractivity contribution >= 4 is 11.5 Å². The third-order valence-corrected chi connectivity index (χ3v) is 4.55. The van der Waals surface area contributed by atoms with Gasteiger partial charge in [-0.05, 0) is 36.8 Å². The maximum Gasteiger partial charge on any atom is 0.137 e. The third-order valence-electron chi connectivity index (χ3n) is 4.55. The number of para-hydroxylation sites is 1. The Labute approximate surface area is 115 Å². The monoisotopic (exact) mass is 257 g/mol. The van der Waals surface area contributed by atoms with E-state index in [1.54, 1.807) is 0 Å². The van der Waals surface area contributed by atoms with Crippen molar-refractivity contribution < 1.29 is 4.79 Å². The first-order chi connectivity index (χ1) is 9.24. The fourth-order valence-electron chi connectivity index (χ4n) is 3.59. The smallest absolute Gasteiger partial charge is 0.137 e. The normalized spacial score (nSPS) is 27.2. The number of carbonyl (C=O) groups is 1. The molecule has 0 aromatic heterocycles. The zero-order chi connectivity index (χ0) is 13.2. The summed E-state index contributed by atoms with van der Waals surface area (Å²) in [5, 5.41) is 0. The highest BCUT2D eigenvalue weighted by Gasteiger charge is 2.28. The van der Waals surface area contributed by atoms with E-state index in [-0.39, 0.29) is 5.92 Å². The number of Topliss-reactive ketones (excluding diaryl/α,β-unsaturated/α-hetero) is 1. The van der Waals surface area contributed by atoms with Crippen LogP contribution in [0.3, 0.4) is 0 Å². The Bertz CT molecular complexity index is 468. The highest BCUT2D eigenvalue weighted by molar-refractivity contribution is 5.82. The molecule has 1 saturated carbocycles. The lowest BCUT2D eigenvalue weighted by Gasteiger charge is -2.37. The van der Waals surface area contributed by atoms with Crippen LogP contribution in [0.2, 0.25) is 0 Å². The fraction of sp³-hybridized carbons (Fsp3) is 0.588. The minimum Gasteiger partial charge on any atom is -0.370 e. The van der Waals surface area contributed by atoms with Crippen LogP contribution in [0.5, 0.6) is 0 Å². The predicted molar refractivity (Wildman–Crippen MR) is 78.5 cm³/mol. The number of hydrogen-bond acceptors (Lipinski definition) is 2. The molecule has 102 valence electrons. The Balaban J connectivity index is 1.79. The van der Waals surface area contributed by atoms with Gasteiger partial charge in [0.25, 0.3) is 0 Å². The van der Waals surface area contributed by atoms with Crippen LogP contribution in [0.15, 0.2) is 24.3 Å². The summed E-state index contributed by atoms with van der Waals surface area (Å²) in [4.78, 5) is 14.5. The zero-order valence-electron chi connectivity index (χ0n) is 11.8. The van der Waals surface area contributed by atoms with Crippen molar-refractivity contribution in [3.8, 4) is 0 Å². The van der Waals surface area contributed by atoms with Crippen LogP contribution in [0.25, 0.3) is 0 Å². The van der Waals surface area contributed by atoms with Crippen molar-refractivity contribution in [3.05, 3.63) is 29.8 Å². The first kappa shape index (κ1) is 12.7. The van der Waals surface area contributed by atoms with Gasteiger partial charge in [0.2, 0.25) is 0 Å². The Hall–Kier alpha value is -1.31. The topological polar surface area (TPSA) is 20.3 Å². The summed E-state index contributed by atoms with van der Waals surface area (Å²) in [5.41, 5.74) is 2.81. The van der Waals surface area contributed by atoms with E-state index in [0.29, 0.717) is 11.7 Å². The second kappa shape index (κ2) is 5.36. The van der Waals surface area contributed by atoms with Crippen molar-refractivity contribution in [1.29, 1.82) is 0 Å². The number of ketones is 1.